The van der Waals surface area contributed by atoms with E-state index in [2.05, 4.69) is 60.4 Å². The lowest BCUT2D eigenvalue weighted by molar-refractivity contribution is -0.134. The zero-order chi connectivity index (χ0) is 25.0. The van der Waals surface area contributed by atoms with Gasteiger partial charge in [0, 0.05) is 18.6 Å². The van der Waals surface area contributed by atoms with Crippen molar-refractivity contribution in [1.82, 2.24) is 4.90 Å². The average molecular weight is 466 g/mol. The lowest BCUT2D eigenvalue weighted by Crippen LogP contribution is -2.41. The van der Waals surface area contributed by atoms with Gasteiger partial charge in [0.05, 0.1) is 5.41 Å². The Morgan fingerprint density at radius 1 is 0.853 bits per heavy atom. The first-order valence-corrected chi connectivity index (χ1v) is 11.8. The Morgan fingerprint density at radius 3 is 1.88 bits per heavy atom. The Balaban J connectivity index is 0.000000440. The van der Waals surface area contributed by atoms with E-state index in [1.807, 2.05) is 13.0 Å². The van der Waals surface area contributed by atoms with Crippen molar-refractivity contribution in [2.24, 2.45) is 0 Å². The number of hydrogen-bond acceptors (Lipinski definition) is 4. The van der Waals surface area contributed by atoms with Crippen LogP contribution in [0.3, 0.4) is 0 Å². The Hall–Kier alpha value is -3.25. The molecule has 1 aliphatic heterocycles. The fourth-order valence-corrected chi connectivity index (χ4v) is 4.43. The van der Waals surface area contributed by atoms with E-state index in [9.17, 15) is 14.4 Å². The van der Waals surface area contributed by atoms with Crippen molar-refractivity contribution in [2.75, 3.05) is 19.6 Å². The fourth-order valence-electron chi connectivity index (χ4n) is 4.43. The molecular weight excluding hydrogens is 430 g/mol. The Bertz CT molecular complexity index is 946. The number of nitrogens with zero attached hydrogens (tertiary/aromatic N) is 1. The summed E-state index contributed by atoms with van der Waals surface area (Å²) in [6, 6.07) is 19.0. The summed E-state index contributed by atoms with van der Waals surface area (Å²) in [5, 5.41) is 15.6. The zero-order valence-corrected chi connectivity index (χ0v) is 20.1. The van der Waals surface area contributed by atoms with Crippen LogP contribution in [0.5, 0.6) is 0 Å². The minimum atomic E-state index is -1.26. The zero-order valence-electron chi connectivity index (χ0n) is 20.1. The van der Waals surface area contributed by atoms with Gasteiger partial charge in [-0.05, 0) is 56.9 Å². The molecule has 1 aliphatic rings. The van der Waals surface area contributed by atoms with Crippen LogP contribution in [0, 0.1) is 6.92 Å². The average Bonchev–Trinajstić information content (AvgIpc) is 2.85. The van der Waals surface area contributed by atoms with Crippen LogP contribution in [-0.4, -0.2) is 52.5 Å². The molecule has 2 aromatic rings. The number of hydrogen-bond donors (Lipinski definition) is 2. The Labute approximate surface area is 201 Å². The van der Waals surface area contributed by atoms with Gasteiger partial charge in [0.1, 0.15) is 5.78 Å². The molecule has 34 heavy (non-hydrogen) atoms. The molecule has 1 fully saturated rings. The first-order valence-electron chi connectivity index (χ1n) is 11.8. The standard InChI is InChI=1S/C24H31NO.C4H4O4/c1-3-23(26)24(21-10-6-4-7-11-21,22-14-12-20(2)13-15-22)16-19-25-17-8-5-9-18-25;5-3(6)1-2-4(7)8/h4,6-7,10-15H,3,5,8-9,16-19H2,1-2H3;1-2H,(H,5,6)(H,7,8)/b;2-1-. The molecule has 1 heterocycles. The molecule has 2 N–H and O–H groups in total. The number of carboxylic acids is 2. The van der Waals surface area contributed by atoms with Crippen LogP contribution in [0.4, 0.5) is 0 Å². The first kappa shape index (κ1) is 27.0. The first-order chi connectivity index (χ1) is 16.3. The van der Waals surface area contributed by atoms with Gasteiger partial charge in [-0.1, -0.05) is 73.5 Å². The highest BCUT2D eigenvalue weighted by Gasteiger charge is 2.40. The van der Waals surface area contributed by atoms with Gasteiger partial charge in [0.2, 0.25) is 0 Å². The van der Waals surface area contributed by atoms with Crippen LogP contribution in [0.15, 0.2) is 66.7 Å². The maximum atomic E-state index is 13.4. The summed E-state index contributed by atoms with van der Waals surface area (Å²) in [6.45, 7) is 7.41. The predicted molar refractivity (Wildman–Crippen MR) is 133 cm³/mol. The van der Waals surface area contributed by atoms with Crippen LogP contribution in [-0.2, 0) is 19.8 Å². The highest BCUT2D eigenvalue weighted by molar-refractivity contribution is 5.93. The van der Waals surface area contributed by atoms with Crippen molar-refractivity contribution in [2.45, 2.75) is 51.4 Å². The second kappa shape index (κ2) is 13.5. The molecule has 0 aromatic heterocycles. The SMILES string of the molecule is CCC(=O)C(CCN1CCCCC1)(c1ccccc1)c1ccc(C)cc1.O=C(O)/C=C\C(=O)O. The van der Waals surface area contributed by atoms with Crippen molar-refractivity contribution >= 4 is 17.7 Å². The predicted octanol–water partition coefficient (Wildman–Crippen LogP) is 4.85. The van der Waals surface area contributed by atoms with Crippen molar-refractivity contribution in [1.29, 1.82) is 0 Å². The molecular formula is C28H35NO5. The number of aryl methyl sites for hydroxylation is 1. The fraction of sp³-hybridized carbons (Fsp3) is 0.393. The number of rotatable bonds is 9. The molecule has 1 atom stereocenters. The highest BCUT2D eigenvalue weighted by atomic mass is 16.4. The van der Waals surface area contributed by atoms with E-state index >= 15 is 0 Å². The van der Waals surface area contributed by atoms with Gasteiger partial charge in [0.15, 0.2) is 0 Å². The van der Waals surface area contributed by atoms with Crippen molar-refractivity contribution in [3.63, 3.8) is 0 Å². The van der Waals surface area contributed by atoms with E-state index in [4.69, 9.17) is 10.2 Å². The maximum absolute atomic E-state index is 13.4. The van der Waals surface area contributed by atoms with Crippen LogP contribution >= 0.6 is 0 Å². The smallest absolute Gasteiger partial charge is 0.328 e. The number of Topliss-reactive ketones (excluding diaryl/α,β-unsaturated/α-hetero) is 1. The van der Waals surface area contributed by atoms with Gasteiger partial charge >= 0.3 is 11.9 Å². The summed E-state index contributed by atoms with van der Waals surface area (Å²) >= 11 is 0. The summed E-state index contributed by atoms with van der Waals surface area (Å²) in [5.74, 6) is -2.19. The number of carboxylic acid groups (broad SMARTS) is 2. The van der Waals surface area contributed by atoms with Gasteiger partial charge in [0.25, 0.3) is 0 Å². The number of piperidine rings is 1. The Morgan fingerprint density at radius 2 is 1.38 bits per heavy atom. The second-order valence-electron chi connectivity index (χ2n) is 8.58. The minimum absolute atomic E-state index is 0.324. The van der Waals surface area contributed by atoms with E-state index in [-0.39, 0.29) is 0 Å². The third kappa shape index (κ3) is 7.66. The topological polar surface area (TPSA) is 94.9 Å². The molecule has 0 radical (unpaired) electrons. The lowest BCUT2D eigenvalue weighted by atomic mass is 9.68. The van der Waals surface area contributed by atoms with Gasteiger partial charge in [-0.25, -0.2) is 9.59 Å². The van der Waals surface area contributed by atoms with Gasteiger partial charge in [-0.3, -0.25) is 4.79 Å². The third-order valence-electron chi connectivity index (χ3n) is 6.23. The van der Waals surface area contributed by atoms with E-state index in [1.165, 1.54) is 37.9 Å². The monoisotopic (exact) mass is 465 g/mol. The second-order valence-corrected chi connectivity index (χ2v) is 8.58. The quantitative estimate of drug-likeness (QED) is 0.514. The number of carbonyl (C=O) groups excluding carboxylic acids is 1. The number of likely N-dealkylation sites (tertiary alicyclic amines) is 1. The van der Waals surface area contributed by atoms with Crippen molar-refractivity contribution in [3.05, 3.63) is 83.4 Å². The number of benzene rings is 2. The molecule has 0 bridgehead atoms. The molecule has 6 nitrogen and oxygen atoms in total. The molecule has 0 spiro atoms. The Kier molecular flexibility index (Phi) is 10.7. The maximum Gasteiger partial charge on any atom is 0.328 e. The molecule has 3 rings (SSSR count). The largest absolute Gasteiger partial charge is 0.478 e. The highest BCUT2D eigenvalue weighted by Crippen LogP contribution is 2.38. The molecule has 0 saturated carbocycles. The summed E-state index contributed by atoms with van der Waals surface area (Å²) in [6.07, 6.45) is 6.43. The van der Waals surface area contributed by atoms with Gasteiger partial charge in [-0.15, -0.1) is 0 Å². The van der Waals surface area contributed by atoms with E-state index in [0.717, 1.165) is 24.1 Å². The number of ketones is 1. The summed E-state index contributed by atoms with van der Waals surface area (Å²) in [7, 11) is 0. The molecule has 182 valence electrons. The van der Waals surface area contributed by atoms with E-state index in [1.54, 1.807) is 0 Å². The van der Waals surface area contributed by atoms with Gasteiger partial charge in [-0.2, -0.15) is 0 Å². The van der Waals surface area contributed by atoms with E-state index in [0.29, 0.717) is 24.4 Å². The van der Waals surface area contributed by atoms with Crippen molar-refractivity contribution < 1.29 is 24.6 Å². The normalized spacial score (nSPS) is 15.7. The summed E-state index contributed by atoms with van der Waals surface area (Å²) in [5.41, 5.74) is 2.96. The van der Waals surface area contributed by atoms with Crippen LogP contribution < -0.4 is 0 Å². The van der Waals surface area contributed by atoms with Crippen molar-refractivity contribution in [3.8, 4) is 0 Å². The number of carbonyl (C=O) groups is 3. The lowest BCUT2D eigenvalue weighted by Gasteiger charge is -2.36. The molecule has 2 aromatic carbocycles. The summed E-state index contributed by atoms with van der Waals surface area (Å²) < 4.78 is 0. The molecule has 6 heteroatoms. The van der Waals surface area contributed by atoms with Crippen LogP contribution in [0.1, 0.15) is 55.7 Å². The molecule has 1 saturated heterocycles. The van der Waals surface area contributed by atoms with Crippen LogP contribution in [0.25, 0.3) is 0 Å². The molecule has 0 amide bonds. The minimum Gasteiger partial charge on any atom is -0.478 e. The molecule has 1 unspecified atom stereocenters. The van der Waals surface area contributed by atoms with E-state index < -0.39 is 17.4 Å². The molecule has 0 aliphatic carbocycles. The summed E-state index contributed by atoms with van der Waals surface area (Å²) in [4.78, 5) is 35.0. The third-order valence-corrected chi connectivity index (χ3v) is 6.23. The number of aliphatic carboxylic acids is 2. The van der Waals surface area contributed by atoms with Gasteiger partial charge < -0.3 is 15.1 Å². The van der Waals surface area contributed by atoms with Crippen LogP contribution in [0.2, 0.25) is 0 Å².